The van der Waals surface area contributed by atoms with Crippen molar-refractivity contribution in [1.82, 2.24) is 24.8 Å². The van der Waals surface area contributed by atoms with Crippen LogP contribution in [-0.4, -0.2) is 56.2 Å². The van der Waals surface area contributed by atoms with Crippen molar-refractivity contribution in [3.63, 3.8) is 0 Å². The van der Waals surface area contributed by atoms with Gasteiger partial charge in [0.2, 0.25) is 5.91 Å². The van der Waals surface area contributed by atoms with Crippen LogP contribution in [0.15, 0.2) is 30.6 Å². The van der Waals surface area contributed by atoms with E-state index < -0.39 is 0 Å². The molecule has 2 aromatic rings. The summed E-state index contributed by atoms with van der Waals surface area (Å²) in [5.41, 5.74) is 1.95. The van der Waals surface area contributed by atoms with E-state index in [1.54, 1.807) is 17.3 Å². The molecular formula is C22H29N5O2. The van der Waals surface area contributed by atoms with E-state index in [-0.39, 0.29) is 24.3 Å². The van der Waals surface area contributed by atoms with E-state index >= 15 is 0 Å². The lowest BCUT2D eigenvalue weighted by atomic mass is 10.00. The first-order valence-electron chi connectivity index (χ1n) is 10.4. The maximum atomic E-state index is 12.9. The lowest BCUT2D eigenvalue weighted by Gasteiger charge is -2.35. The van der Waals surface area contributed by atoms with Crippen molar-refractivity contribution >= 4 is 11.8 Å². The second kappa shape index (κ2) is 9.58. The van der Waals surface area contributed by atoms with Crippen molar-refractivity contribution in [1.29, 1.82) is 0 Å². The van der Waals surface area contributed by atoms with Gasteiger partial charge in [-0.1, -0.05) is 6.07 Å². The molecule has 3 rings (SSSR count). The van der Waals surface area contributed by atoms with Gasteiger partial charge in [-0.15, -0.1) is 0 Å². The van der Waals surface area contributed by atoms with E-state index in [1.165, 1.54) is 0 Å². The van der Waals surface area contributed by atoms with E-state index in [0.29, 0.717) is 36.7 Å². The minimum absolute atomic E-state index is 0.0398. The highest BCUT2D eigenvalue weighted by Crippen LogP contribution is 2.29. The second-order valence-electron chi connectivity index (χ2n) is 7.30. The summed E-state index contributed by atoms with van der Waals surface area (Å²) in [6, 6.07) is 5.44. The second-order valence-corrected chi connectivity index (χ2v) is 7.30. The van der Waals surface area contributed by atoms with Crippen LogP contribution in [0, 0.1) is 6.92 Å². The Morgan fingerprint density at radius 3 is 2.62 bits per heavy atom. The summed E-state index contributed by atoms with van der Waals surface area (Å²) in [5, 5.41) is 0. The Morgan fingerprint density at radius 2 is 1.97 bits per heavy atom. The largest absolute Gasteiger partial charge is 0.339 e. The molecule has 0 spiro atoms. The highest BCUT2D eigenvalue weighted by Gasteiger charge is 2.30. The zero-order chi connectivity index (χ0) is 20.8. The van der Waals surface area contributed by atoms with Crippen LogP contribution in [0.1, 0.15) is 66.7 Å². The molecule has 0 N–H and O–H groups in total. The number of aromatic nitrogens is 3. The van der Waals surface area contributed by atoms with Gasteiger partial charge in [-0.05, 0) is 52.2 Å². The molecule has 0 aromatic carbocycles. The quantitative estimate of drug-likeness (QED) is 0.751. The summed E-state index contributed by atoms with van der Waals surface area (Å²) < 4.78 is 0. The summed E-state index contributed by atoms with van der Waals surface area (Å²) >= 11 is 0. The molecule has 0 saturated carbocycles. The fourth-order valence-corrected chi connectivity index (χ4v) is 3.79. The number of pyridine rings is 1. The van der Waals surface area contributed by atoms with Gasteiger partial charge in [0.15, 0.2) is 5.82 Å². The molecule has 2 amide bonds. The SMILES string of the molecule is CCN(CC)C(=O)c1cnc([C@@H]2CCCCN2C(=O)Cc2ccccn2)nc1C. The van der Waals surface area contributed by atoms with Gasteiger partial charge in [-0.25, -0.2) is 9.97 Å². The molecule has 1 aliphatic rings. The fourth-order valence-electron chi connectivity index (χ4n) is 3.79. The van der Waals surface area contributed by atoms with Crippen LogP contribution in [0.4, 0.5) is 0 Å². The first-order chi connectivity index (χ1) is 14.0. The standard InChI is InChI=1S/C22H29N5O2/c1-4-26(5-2)22(29)18-15-24-21(25-16(18)3)19-11-7-9-13-27(19)20(28)14-17-10-6-8-12-23-17/h6,8,10,12,15,19H,4-5,7,9,11,13-14H2,1-3H3/t19-/m0/s1. The monoisotopic (exact) mass is 395 g/mol. The average molecular weight is 396 g/mol. The Morgan fingerprint density at radius 1 is 1.17 bits per heavy atom. The van der Waals surface area contributed by atoms with Gasteiger partial charge in [0.25, 0.3) is 5.91 Å². The molecule has 1 saturated heterocycles. The molecule has 0 bridgehead atoms. The number of hydrogen-bond donors (Lipinski definition) is 0. The molecule has 154 valence electrons. The number of aryl methyl sites for hydroxylation is 1. The van der Waals surface area contributed by atoms with Crippen molar-refractivity contribution in [2.45, 2.75) is 52.5 Å². The van der Waals surface area contributed by atoms with E-state index in [9.17, 15) is 9.59 Å². The van der Waals surface area contributed by atoms with E-state index in [0.717, 1.165) is 25.0 Å². The minimum Gasteiger partial charge on any atom is -0.339 e. The maximum absolute atomic E-state index is 12.9. The number of amides is 2. The number of likely N-dealkylation sites (tertiary alicyclic amines) is 1. The Bertz CT molecular complexity index is 852. The molecule has 7 nitrogen and oxygen atoms in total. The topological polar surface area (TPSA) is 79.3 Å². The van der Waals surface area contributed by atoms with Gasteiger partial charge < -0.3 is 9.80 Å². The highest BCUT2D eigenvalue weighted by atomic mass is 16.2. The Kier molecular flexibility index (Phi) is 6.90. The summed E-state index contributed by atoms with van der Waals surface area (Å²) in [4.78, 5) is 42.7. The molecule has 7 heteroatoms. The molecule has 1 atom stereocenters. The molecule has 0 unspecified atom stereocenters. The highest BCUT2D eigenvalue weighted by molar-refractivity contribution is 5.94. The number of carbonyl (C=O) groups excluding carboxylic acids is 2. The average Bonchev–Trinajstić information content (AvgIpc) is 2.75. The zero-order valence-corrected chi connectivity index (χ0v) is 17.5. The van der Waals surface area contributed by atoms with Crippen LogP contribution in [0.25, 0.3) is 0 Å². The van der Waals surface area contributed by atoms with E-state index in [1.807, 2.05) is 43.9 Å². The number of nitrogens with zero attached hydrogens (tertiary/aromatic N) is 5. The van der Waals surface area contributed by atoms with Gasteiger partial charge >= 0.3 is 0 Å². The van der Waals surface area contributed by atoms with Crippen LogP contribution in [-0.2, 0) is 11.2 Å². The molecule has 0 aliphatic carbocycles. The summed E-state index contributed by atoms with van der Waals surface area (Å²) in [6.45, 7) is 7.74. The third-order valence-corrected chi connectivity index (χ3v) is 5.46. The Labute approximate surface area is 172 Å². The van der Waals surface area contributed by atoms with Crippen molar-refractivity contribution in [3.8, 4) is 0 Å². The molecule has 2 aromatic heterocycles. The maximum Gasteiger partial charge on any atom is 0.257 e. The summed E-state index contributed by atoms with van der Waals surface area (Å²) in [7, 11) is 0. The van der Waals surface area contributed by atoms with Gasteiger partial charge in [-0.2, -0.15) is 0 Å². The van der Waals surface area contributed by atoms with Crippen molar-refractivity contribution < 1.29 is 9.59 Å². The molecule has 1 fully saturated rings. The predicted molar refractivity (Wildman–Crippen MR) is 110 cm³/mol. The van der Waals surface area contributed by atoms with Crippen LogP contribution in [0.3, 0.4) is 0 Å². The van der Waals surface area contributed by atoms with Crippen molar-refractivity contribution in [2.75, 3.05) is 19.6 Å². The minimum atomic E-state index is -0.156. The van der Waals surface area contributed by atoms with Gasteiger partial charge in [-0.3, -0.25) is 14.6 Å². The lowest BCUT2D eigenvalue weighted by molar-refractivity contribution is -0.134. The Balaban J connectivity index is 1.81. The van der Waals surface area contributed by atoms with E-state index in [2.05, 4.69) is 15.0 Å². The molecule has 0 radical (unpaired) electrons. The number of carbonyl (C=O) groups is 2. The predicted octanol–water partition coefficient (Wildman–Crippen LogP) is 2.96. The zero-order valence-electron chi connectivity index (χ0n) is 17.5. The summed E-state index contributed by atoms with van der Waals surface area (Å²) in [6.07, 6.45) is 6.43. The smallest absolute Gasteiger partial charge is 0.257 e. The first kappa shape index (κ1) is 20.9. The van der Waals surface area contributed by atoms with Gasteiger partial charge in [0.1, 0.15) is 0 Å². The molecule has 29 heavy (non-hydrogen) atoms. The van der Waals surface area contributed by atoms with Crippen molar-refractivity contribution in [2.24, 2.45) is 0 Å². The summed E-state index contributed by atoms with van der Waals surface area (Å²) in [5.74, 6) is 0.608. The third kappa shape index (κ3) is 4.78. The normalized spacial score (nSPS) is 16.5. The van der Waals surface area contributed by atoms with Crippen LogP contribution >= 0.6 is 0 Å². The molecular weight excluding hydrogens is 366 g/mol. The van der Waals surface area contributed by atoms with E-state index in [4.69, 9.17) is 0 Å². The first-order valence-corrected chi connectivity index (χ1v) is 10.4. The van der Waals surface area contributed by atoms with Gasteiger partial charge in [0.05, 0.1) is 23.7 Å². The third-order valence-electron chi connectivity index (χ3n) is 5.46. The number of piperidine rings is 1. The fraction of sp³-hybridized carbons (Fsp3) is 0.500. The lowest BCUT2D eigenvalue weighted by Crippen LogP contribution is -2.40. The Hall–Kier alpha value is -2.83. The molecule has 3 heterocycles. The van der Waals surface area contributed by atoms with Crippen LogP contribution in [0.5, 0.6) is 0 Å². The number of rotatable bonds is 6. The van der Waals surface area contributed by atoms with Crippen LogP contribution < -0.4 is 0 Å². The molecule has 1 aliphatic heterocycles. The van der Waals surface area contributed by atoms with Crippen molar-refractivity contribution in [3.05, 3.63) is 53.4 Å². The van der Waals surface area contributed by atoms with Crippen LogP contribution in [0.2, 0.25) is 0 Å². The number of hydrogen-bond acceptors (Lipinski definition) is 5. The van der Waals surface area contributed by atoms with Gasteiger partial charge in [0, 0.05) is 37.7 Å².